The molecular formula is C15H18N4O2. The van der Waals surface area contributed by atoms with Crippen LogP contribution in [-0.4, -0.2) is 37.1 Å². The van der Waals surface area contributed by atoms with Gasteiger partial charge >= 0.3 is 5.97 Å². The third-order valence-corrected chi connectivity index (χ3v) is 3.74. The molecule has 110 valence electrons. The molecule has 0 bridgehead atoms. The van der Waals surface area contributed by atoms with Crippen molar-refractivity contribution in [3.05, 3.63) is 47.8 Å². The third kappa shape index (κ3) is 3.28. The number of aromatic nitrogens is 3. The van der Waals surface area contributed by atoms with Crippen molar-refractivity contribution in [1.82, 2.24) is 19.4 Å². The molecule has 1 aliphatic heterocycles. The summed E-state index contributed by atoms with van der Waals surface area (Å²) in [4.78, 5) is 22.0. The number of carbonyl (C=O) groups is 1. The number of aryl methyl sites for hydroxylation is 1. The van der Waals surface area contributed by atoms with Crippen molar-refractivity contribution in [3.63, 3.8) is 0 Å². The van der Waals surface area contributed by atoms with Gasteiger partial charge in [0.25, 0.3) is 0 Å². The quantitative estimate of drug-likeness (QED) is 0.931. The van der Waals surface area contributed by atoms with Gasteiger partial charge in [-0.1, -0.05) is 0 Å². The van der Waals surface area contributed by atoms with Crippen LogP contribution in [0.3, 0.4) is 0 Å². The van der Waals surface area contributed by atoms with E-state index < -0.39 is 5.97 Å². The zero-order valence-corrected chi connectivity index (χ0v) is 11.8. The Bertz CT molecular complexity index is 638. The molecule has 0 spiro atoms. The maximum atomic E-state index is 11.0. The van der Waals surface area contributed by atoms with E-state index in [4.69, 9.17) is 5.11 Å². The molecule has 3 heterocycles. The summed E-state index contributed by atoms with van der Waals surface area (Å²) in [6.45, 7) is 3.42. The Morgan fingerprint density at radius 3 is 2.95 bits per heavy atom. The third-order valence-electron chi connectivity index (χ3n) is 3.74. The Balaban J connectivity index is 1.75. The summed E-state index contributed by atoms with van der Waals surface area (Å²) in [6.07, 6.45) is 7.66. The number of carboxylic acids is 1. The predicted octanol–water partition coefficient (Wildman–Crippen LogP) is 1.77. The average molecular weight is 286 g/mol. The normalized spacial score (nSPS) is 16.0. The van der Waals surface area contributed by atoms with Gasteiger partial charge in [-0.15, -0.1) is 0 Å². The van der Waals surface area contributed by atoms with E-state index in [0.29, 0.717) is 6.54 Å². The maximum Gasteiger partial charge on any atom is 0.335 e. The van der Waals surface area contributed by atoms with Crippen molar-refractivity contribution in [2.45, 2.75) is 32.5 Å². The van der Waals surface area contributed by atoms with Crippen LogP contribution >= 0.6 is 0 Å². The standard InChI is InChI=1S/C15H18N4O2/c20-15(21)12-3-4-16-13(9-12)10-18-6-1-2-7-19-8-5-17-14(19)11-18/h3-5,8-9H,1-2,6-7,10-11H2,(H,20,21). The topological polar surface area (TPSA) is 71.2 Å². The number of imidazole rings is 1. The Kier molecular flexibility index (Phi) is 3.96. The number of pyridine rings is 1. The molecule has 0 fully saturated rings. The van der Waals surface area contributed by atoms with Gasteiger partial charge in [-0.05, 0) is 31.5 Å². The lowest BCUT2D eigenvalue weighted by atomic mass is 10.2. The monoisotopic (exact) mass is 286 g/mol. The van der Waals surface area contributed by atoms with E-state index in [1.165, 1.54) is 6.07 Å². The molecule has 21 heavy (non-hydrogen) atoms. The predicted molar refractivity (Wildman–Crippen MR) is 76.8 cm³/mol. The lowest BCUT2D eigenvalue weighted by molar-refractivity contribution is 0.0696. The summed E-state index contributed by atoms with van der Waals surface area (Å²) >= 11 is 0. The highest BCUT2D eigenvalue weighted by molar-refractivity contribution is 5.87. The van der Waals surface area contributed by atoms with Gasteiger partial charge in [0.2, 0.25) is 0 Å². The molecule has 0 saturated carbocycles. The summed E-state index contributed by atoms with van der Waals surface area (Å²) in [7, 11) is 0. The van der Waals surface area contributed by atoms with Crippen molar-refractivity contribution in [3.8, 4) is 0 Å². The zero-order chi connectivity index (χ0) is 14.7. The summed E-state index contributed by atoms with van der Waals surface area (Å²) in [5, 5.41) is 9.04. The van der Waals surface area contributed by atoms with Gasteiger partial charge in [-0.2, -0.15) is 0 Å². The van der Waals surface area contributed by atoms with E-state index in [1.54, 1.807) is 12.3 Å². The van der Waals surface area contributed by atoms with Gasteiger partial charge in [-0.3, -0.25) is 9.88 Å². The lowest BCUT2D eigenvalue weighted by Gasteiger charge is -2.24. The number of aromatic carboxylic acids is 1. The molecule has 0 unspecified atom stereocenters. The summed E-state index contributed by atoms with van der Waals surface area (Å²) in [5.74, 6) is 0.144. The van der Waals surface area contributed by atoms with Gasteiger partial charge in [0.05, 0.1) is 17.8 Å². The van der Waals surface area contributed by atoms with E-state index in [9.17, 15) is 4.79 Å². The van der Waals surface area contributed by atoms with Crippen molar-refractivity contribution in [1.29, 1.82) is 0 Å². The molecule has 6 heteroatoms. The number of hydrogen-bond donors (Lipinski definition) is 1. The fraction of sp³-hybridized carbons (Fsp3) is 0.400. The molecule has 1 N–H and O–H groups in total. The molecule has 0 atom stereocenters. The van der Waals surface area contributed by atoms with Crippen LogP contribution in [0.4, 0.5) is 0 Å². The Morgan fingerprint density at radius 1 is 1.24 bits per heavy atom. The first-order valence-electron chi connectivity index (χ1n) is 7.13. The number of hydrogen-bond acceptors (Lipinski definition) is 4. The minimum Gasteiger partial charge on any atom is -0.478 e. The fourth-order valence-corrected chi connectivity index (χ4v) is 2.65. The second-order valence-corrected chi connectivity index (χ2v) is 5.30. The van der Waals surface area contributed by atoms with Crippen LogP contribution in [0.15, 0.2) is 30.7 Å². The number of nitrogens with zero attached hydrogens (tertiary/aromatic N) is 4. The second-order valence-electron chi connectivity index (χ2n) is 5.30. The first kappa shape index (κ1) is 13.8. The smallest absolute Gasteiger partial charge is 0.335 e. The van der Waals surface area contributed by atoms with E-state index in [0.717, 1.165) is 44.0 Å². The van der Waals surface area contributed by atoms with Crippen LogP contribution in [0, 0.1) is 0 Å². The van der Waals surface area contributed by atoms with E-state index >= 15 is 0 Å². The average Bonchev–Trinajstić information content (AvgIpc) is 2.87. The Labute approximate surface area is 123 Å². The van der Waals surface area contributed by atoms with E-state index in [2.05, 4.69) is 19.4 Å². The van der Waals surface area contributed by atoms with Gasteiger partial charge in [0.15, 0.2) is 0 Å². The molecule has 0 saturated heterocycles. The van der Waals surface area contributed by atoms with Crippen LogP contribution < -0.4 is 0 Å². The number of fused-ring (bicyclic) bond motifs is 1. The molecule has 0 aromatic carbocycles. The Hall–Kier alpha value is -2.21. The highest BCUT2D eigenvalue weighted by Gasteiger charge is 2.15. The highest BCUT2D eigenvalue weighted by Crippen LogP contribution is 2.14. The number of rotatable bonds is 3. The first-order valence-corrected chi connectivity index (χ1v) is 7.13. The summed E-state index contributed by atoms with van der Waals surface area (Å²) in [6, 6.07) is 3.17. The molecule has 0 aliphatic carbocycles. The van der Waals surface area contributed by atoms with Gasteiger partial charge < -0.3 is 9.67 Å². The van der Waals surface area contributed by atoms with Crippen molar-refractivity contribution >= 4 is 5.97 Å². The molecular weight excluding hydrogens is 268 g/mol. The van der Waals surface area contributed by atoms with Crippen LogP contribution in [0.5, 0.6) is 0 Å². The van der Waals surface area contributed by atoms with Crippen LogP contribution in [0.1, 0.15) is 34.7 Å². The SMILES string of the molecule is O=C(O)c1ccnc(CN2CCCCn3ccnc3C2)c1. The number of carboxylic acid groups (broad SMARTS) is 1. The Morgan fingerprint density at radius 2 is 2.10 bits per heavy atom. The summed E-state index contributed by atoms with van der Waals surface area (Å²) < 4.78 is 2.19. The lowest BCUT2D eigenvalue weighted by Crippen LogP contribution is -2.28. The molecule has 2 aromatic rings. The molecule has 3 rings (SSSR count). The molecule has 0 amide bonds. The molecule has 1 aliphatic rings. The summed E-state index contributed by atoms with van der Waals surface area (Å²) in [5.41, 5.74) is 1.07. The second kappa shape index (κ2) is 6.05. The first-order chi connectivity index (χ1) is 10.2. The molecule has 6 nitrogen and oxygen atoms in total. The zero-order valence-electron chi connectivity index (χ0n) is 11.8. The minimum absolute atomic E-state index is 0.286. The van der Waals surface area contributed by atoms with Crippen LogP contribution in [0.2, 0.25) is 0 Å². The van der Waals surface area contributed by atoms with Gasteiger partial charge in [0, 0.05) is 31.7 Å². The molecule has 2 aromatic heterocycles. The van der Waals surface area contributed by atoms with Crippen LogP contribution in [-0.2, 0) is 19.6 Å². The van der Waals surface area contributed by atoms with E-state index in [1.807, 2.05) is 12.4 Å². The minimum atomic E-state index is -0.915. The highest BCUT2D eigenvalue weighted by atomic mass is 16.4. The van der Waals surface area contributed by atoms with Crippen molar-refractivity contribution in [2.75, 3.05) is 6.54 Å². The largest absolute Gasteiger partial charge is 0.478 e. The van der Waals surface area contributed by atoms with Crippen molar-refractivity contribution < 1.29 is 9.90 Å². The van der Waals surface area contributed by atoms with E-state index in [-0.39, 0.29) is 5.56 Å². The maximum absolute atomic E-state index is 11.0. The van der Waals surface area contributed by atoms with Crippen LogP contribution in [0.25, 0.3) is 0 Å². The fourth-order valence-electron chi connectivity index (χ4n) is 2.65. The molecule has 0 radical (unpaired) electrons. The van der Waals surface area contributed by atoms with Gasteiger partial charge in [0.1, 0.15) is 5.82 Å². The van der Waals surface area contributed by atoms with Gasteiger partial charge in [-0.25, -0.2) is 9.78 Å². The van der Waals surface area contributed by atoms with Crippen molar-refractivity contribution in [2.24, 2.45) is 0 Å².